The quantitative estimate of drug-likeness (QED) is 0.892. The molecule has 0 aliphatic rings. The Balaban J connectivity index is 2.07. The minimum Gasteiger partial charge on any atom is -0.383 e. The van der Waals surface area contributed by atoms with Gasteiger partial charge in [0.05, 0.1) is 5.02 Å². The van der Waals surface area contributed by atoms with Crippen molar-refractivity contribution in [3.8, 4) is 0 Å². The normalized spacial score (nSPS) is 10.5. The van der Waals surface area contributed by atoms with Gasteiger partial charge in [-0.15, -0.1) is 11.3 Å². The average molecular weight is 239 g/mol. The molecule has 0 aromatic carbocycles. The lowest BCUT2D eigenvalue weighted by Gasteiger charge is -2.03. The van der Waals surface area contributed by atoms with Crippen molar-refractivity contribution in [2.24, 2.45) is 0 Å². The van der Waals surface area contributed by atoms with Crippen LogP contribution in [0.2, 0.25) is 5.02 Å². The molecule has 0 fully saturated rings. The number of hydrogen-bond donors (Lipinski definition) is 1. The summed E-state index contributed by atoms with van der Waals surface area (Å²) in [5, 5.41) is 2.72. The lowest BCUT2D eigenvalue weighted by Crippen LogP contribution is -1.98. The van der Waals surface area contributed by atoms with Crippen LogP contribution >= 0.6 is 22.9 Å². The van der Waals surface area contributed by atoms with Crippen molar-refractivity contribution in [2.75, 3.05) is 5.73 Å². The van der Waals surface area contributed by atoms with E-state index >= 15 is 0 Å². The van der Waals surface area contributed by atoms with Crippen molar-refractivity contribution >= 4 is 28.8 Å². The number of anilines is 1. The second-order valence-corrected chi connectivity index (χ2v) is 4.75. The third-order valence-electron chi connectivity index (χ3n) is 2.19. The summed E-state index contributed by atoms with van der Waals surface area (Å²) in [4.78, 5) is 5.38. The Kier molecular flexibility index (Phi) is 3.23. The topological polar surface area (TPSA) is 38.9 Å². The van der Waals surface area contributed by atoms with Gasteiger partial charge in [-0.2, -0.15) is 0 Å². The zero-order chi connectivity index (χ0) is 10.7. The fourth-order valence-electron chi connectivity index (χ4n) is 1.40. The fourth-order valence-corrected chi connectivity index (χ4v) is 2.29. The highest BCUT2D eigenvalue weighted by atomic mass is 35.5. The van der Waals surface area contributed by atoms with E-state index in [0.717, 1.165) is 18.4 Å². The van der Waals surface area contributed by atoms with Crippen LogP contribution in [0.25, 0.3) is 0 Å². The van der Waals surface area contributed by atoms with Crippen LogP contribution in [0.15, 0.2) is 29.8 Å². The first-order valence-electron chi connectivity index (χ1n) is 4.68. The van der Waals surface area contributed by atoms with Crippen LogP contribution in [-0.2, 0) is 12.8 Å². The molecule has 2 rings (SSSR count). The lowest BCUT2D eigenvalue weighted by molar-refractivity contribution is 0.974. The predicted octanol–water partition coefficient (Wildman–Crippen LogP) is 3.16. The second-order valence-electron chi connectivity index (χ2n) is 3.28. The molecular formula is C11H11ClN2S. The molecule has 0 amide bonds. The molecule has 4 heteroatoms. The maximum absolute atomic E-state index is 5.86. The molecule has 2 aromatic rings. The molecule has 0 aliphatic carbocycles. The first kappa shape index (κ1) is 10.5. The van der Waals surface area contributed by atoms with Crippen LogP contribution in [0.3, 0.4) is 0 Å². The molecule has 78 valence electrons. The summed E-state index contributed by atoms with van der Waals surface area (Å²) in [6, 6.07) is 6.07. The number of nitrogens with two attached hydrogens (primary N) is 1. The summed E-state index contributed by atoms with van der Waals surface area (Å²) in [6.45, 7) is 0. The van der Waals surface area contributed by atoms with Gasteiger partial charge in [0.1, 0.15) is 5.82 Å². The summed E-state index contributed by atoms with van der Waals surface area (Å²) >= 11 is 7.62. The number of thiophene rings is 1. The highest BCUT2D eigenvalue weighted by Gasteiger charge is 2.02. The SMILES string of the molecule is Nc1ncc(Cl)cc1CCc1cccs1. The van der Waals surface area contributed by atoms with E-state index in [1.165, 1.54) is 4.88 Å². The summed E-state index contributed by atoms with van der Waals surface area (Å²) in [5.41, 5.74) is 6.79. The molecule has 0 radical (unpaired) electrons. The Morgan fingerprint density at radius 3 is 3.00 bits per heavy atom. The number of nitrogens with zero attached hydrogens (tertiary/aromatic N) is 1. The van der Waals surface area contributed by atoms with Gasteiger partial charge in [-0.25, -0.2) is 4.98 Å². The van der Waals surface area contributed by atoms with Crippen LogP contribution in [0, 0.1) is 0 Å². The summed E-state index contributed by atoms with van der Waals surface area (Å²) in [7, 11) is 0. The Bertz CT molecular complexity index is 440. The fraction of sp³-hybridized carbons (Fsp3) is 0.182. The average Bonchev–Trinajstić information content (AvgIpc) is 2.72. The first-order valence-corrected chi connectivity index (χ1v) is 5.94. The highest BCUT2D eigenvalue weighted by molar-refractivity contribution is 7.09. The lowest BCUT2D eigenvalue weighted by atomic mass is 10.1. The van der Waals surface area contributed by atoms with E-state index in [4.69, 9.17) is 17.3 Å². The van der Waals surface area contributed by atoms with Gasteiger partial charge in [0, 0.05) is 11.1 Å². The summed E-state index contributed by atoms with van der Waals surface area (Å²) < 4.78 is 0. The van der Waals surface area contributed by atoms with Crippen molar-refractivity contribution in [3.63, 3.8) is 0 Å². The number of aryl methyl sites for hydroxylation is 2. The molecule has 2 nitrogen and oxygen atoms in total. The Morgan fingerprint density at radius 2 is 2.27 bits per heavy atom. The maximum atomic E-state index is 5.86. The number of halogens is 1. The minimum absolute atomic E-state index is 0.580. The van der Waals surface area contributed by atoms with Gasteiger partial charge < -0.3 is 5.73 Å². The van der Waals surface area contributed by atoms with Crippen molar-refractivity contribution in [3.05, 3.63) is 45.2 Å². The Labute approximate surface area is 97.7 Å². The van der Waals surface area contributed by atoms with Crippen LogP contribution in [-0.4, -0.2) is 4.98 Å². The number of rotatable bonds is 3. The van der Waals surface area contributed by atoms with Crippen LogP contribution in [0.1, 0.15) is 10.4 Å². The molecule has 0 unspecified atom stereocenters. The third kappa shape index (κ3) is 2.70. The summed E-state index contributed by atoms with van der Waals surface area (Å²) in [5.74, 6) is 0.580. The third-order valence-corrected chi connectivity index (χ3v) is 3.33. The van der Waals surface area contributed by atoms with Crippen LogP contribution in [0.5, 0.6) is 0 Å². The number of aromatic nitrogens is 1. The molecule has 0 aliphatic heterocycles. The maximum Gasteiger partial charge on any atom is 0.126 e. The van der Waals surface area contributed by atoms with Gasteiger partial charge in [-0.1, -0.05) is 17.7 Å². The molecule has 0 saturated carbocycles. The standard InChI is InChI=1S/C11H11ClN2S/c12-9-6-8(11(13)14-7-9)3-4-10-2-1-5-15-10/h1-2,5-7H,3-4H2,(H2,13,14). The zero-order valence-corrected chi connectivity index (χ0v) is 9.68. The van der Waals surface area contributed by atoms with Crippen LogP contribution < -0.4 is 5.73 Å². The largest absolute Gasteiger partial charge is 0.383 e. The van der Waals surface area contributed by atoms with Gasteiger partial charge in [-0.05, 0) is 35.9 Å². The van der Waals surface area contributed by atoms with Gasteiger partial charge in [0.15, 0.2) is 0 Å². The van der Waals surface area contributed by atoms with E-state index < -0.39 is 0 Å². The smallest absolute Gasteiger partial charge is 0.126 e. The molecular weight excluding hydrogens is 228 g/mol. The predicted molar refractivity (Wildman–Crippen MR) is 65.4 cm³/mol. The molecule has 0 saturated heterocycles. The van der Waals surface area contributed by atoms with E-state index in [2.05, 4.69) is 22.5 Å². The van der Waals surface area contributed by atoms with E-state index in [-0.39, 0.29) is 0 Å². The van der Waals surface area contributed by atoms with E-state index in [9.17, 15) is 0 Å². The Morgan fingerprint density at radius 1 is 1.40 bits per heavy atom. The number of pyridine rings is 1. The van der Waals surface area contributed by atoms with Crippen molar-refractivity contribution in [1.29, 1.82) is 0 Å². The van der Waals surface area contributed by atoms with Crippen LogP contribution in [0.4, 0.5) is 5.82 Å². The van der Waals surface area contributed by atoms with E-state index in [0.29, 0.717) is 10.8 Å². The molecule has 0 bridgehead atoms. The van der Waals surface area contributed by atoms with Gasteiger partial charge >= 0.3 is 0 Å². The van der Waals surface area contributed by atoms with E-state index in [1.54, 1.807) is 17.5 Å². The second kappa shape index (κ2) is 4.64. The molecule has 2 aromatic heterocycles. The summed E-state index contributed by atoms with van der Waals surface area (Å²) in [6.07, 6.45) is 3.45. The van der Waals surface area contributed by atoms with Crippen molar-refractivity contribution in [1.82, 2.24) is 4.98 Å². The zero-order valence-electron chi connectivity index (χ0n) is 8.11. The first-order chi connectivity index (χ1) is 7.25. The molecule has 2 heterocycles. The number of nitrogen functional groups attached to an aromatic ring is 1. The molecule has 0 spiro atoms. The molecule has 2 N–H and O–H groups in total. The van der Waals surface area contributed by atoms with Gasteiger partial charge in [0.25, 0.3) is 0 Å². The molecule has 0 atom stereocenters. The van der Waals surface area contributed by atoms with Crippen molar-refractivity contribution in [2.45, 2.75) is 12.8 Å². The van der Waals surface area contributed by atoms with Gasteiger partial charge in [-0.3, -0.25) is 0 Å². The minimum atomic E-state index is 0.580. The van der Waals surface area contributed by atoms with Crippen molar-refractivity contribution < 1.29 is 0 Å². The highest BCUT2D eigenvalue weighted by Crippen LogP contribution is 2.18. The molecule has 15 heavy (non-hydrogen) atoms. The van der Waals surface area contributed by atoms with Gasteiger partial charge in [0.2, 0.25) is 0 Å². The Hall–Kier alpha value is -1.06. The number of hydrogen-bond acceptors (Lipinski definition) is 3. The van der Waals surface area contributed by atoms with E-state index in [1.807, 2.05) is 6.07 Å². The monoisotopic (exact) mass is 238 g/mol.